The van der Waals surface area contributed by atoms with Gasteiger partial charge in [0.2, 0.25) is 6.23 Å². The van der Waals surface area contributed by atoms with Gasteiger partial charge >= 0.3 is 0 Å². The predicted molar refractivity (Wildman–Crippen MR) is 41.2 cm³/mol. The Kier molecular flexibility index (Phi) is 1.70. The molecule has 0 amide bonds. The smallest absolute Gasteiger partial charge is 0.225 e. The Hall–Kier alpha value is -1.51. The highest BCUT2D eigenvalue weighted by atomic mass is 19.2. The lowest BCUT2D eigenvalue weighted by Crippen LogP contribution is -2.10. The van der Waals surface area contributed by atoms with Crippen LogP contribution in [0.3, 0.4) is 0 Å². The van der Waals surface area contributed by atoms with Crippen LogP contribution in [-0.4, -0.2) is 5.12 Å². The lowest BCUT2D eigenvalue weighted by Gasteiger charge is -2.14. The molecule has 1 unspecified atom stereocenters. The number of rotatable bonds is 1. The summed E-state index contributed by atoms with van der Waals surface area (Å²) in [5.41, 5.74) is 0.685. The molecular formula is C9H7FNO. The van der Waals surface area contributed by atoms with Crippen LogP contribution in [0.1, 0.15) is 11.8 Å². The first kappa shape index (κ1) is 7.16. The molecule has 1 aliphatic heterocycles. The summed E-state index contributed by atoms with van der Waals surface area (Å²) in [6.07, 6.45) is 1.91. The molecule has 1 heterocycles. The largest absolute Gasteiger partial charge is 0.470 e. The van der Waals surface area contributed by atoms with Crippen LogP contribution in [-0.2, 0) is 4.74 Å². The van der Waals surface area contributed by atoms with Gasteiger partial charge in [-0.15, -0.1) is 0 Å². The molecule has 1 atom stereocenters. The van der Waals surface area contributed by atoms with Crippen LogP contribution in [0.25, 0.3) is 0 Å². The molecule has 1 radical (unpaired) electrons. The molecule has 1 aromatic rings. The van der Waals surface area contributed by atoms with Gasteiger partial charge in [-0.25, -0.2) is 0 Å². The zero-order valence-corrected chi connectivity index (χ0v) is 6.27. The van der Waals surface area contributed by atoms with E-state index in [2.05, 4.69) is 6.07 Å². The molecule has 2 rings (SSSR count). The van der Waals surface area contributed by atoms with Crippen molar-refractivity contribution in [2.24, 2.45) is 0 Å². The number of ether oxygens (including phenoxy) is 1. The van der Waals surface area contributed by atoms with Crippen molar-refractivity contribution in [2.75, 3.05) is 0 Å². The highest BCUT2D eigenvalue weighted by molar-refractivity contribution is 5.16. The minimum absolute atomic E-state index is 0.506. The average molecular weight is 164 g/mol. The maximum atomic E-state index is 12.9. The molecule has 1 aromatic carbocycles. The second-order valence-corrected chi connectivity index (χ2v) is 2.44. The molecule has 0 saturated carbocycles. The van der Waals surface area contributed by atoms with Gasteiger partial charge in [-0.05, 0) is 6.07 Å². The Balaban J connectivity index is 2.22. The maximum Gasteiger partial charge on any atom is 0.225 e. The summed E-state index contributed by atoms with van der Waals surface area (Å²) < 4.78 is 17.9. The molecule has 3 heteroatoms. The quantitative estimate of drug-likeness (QED) is 0.590. The van der Waals surface area contributed by atoms with Gasteiger partial charge in [0.05, 0.1) is 6.20 Å². The van der Waals surface area contributed by atoms with Gasteiger partial charge in [-0.2, -0.15) is 5.12 Å². The highest BCUT2D eigenvalue weighted by Gasteiger charge is 2.21. The summed E-state index contributed by atoms with van der Waals surface area (Å²) in [6.45, 7) is 0. The van der Waals surface area contributed by atoms with Gasteiger partial charge in [0, 0.05) is 5.56 Å². The number of halogens is 1. The summed E-state index contributed by atoms with van der Waals surface area (Å²) in [5.74, 6) is 0. The lowest BCUT2D eigenvalue weighted by molar-refractivity contribution is -0.0612. The van der Waals surface area contributed by atoms with Crippen molar-refractivity contribution in [3.05, 3.63) is 48.4 Å². The fraction of sp³-hybridized carbons (Fsp3) is 0.111. The van der Waals surface area contributed by atoms with E-state index in [0.29, 0.717) is 10.7 Å². The molecule has 1 aliphatic rings. The van der Waals surface area contributed by atoms with Crippen LogP contribution in [0.15, 0.2) is 36.7 Å². The normalized spacial score (nSPS) is 21.1. The van der Waals surface area contributed by atoms with Crippen LogP contribution < -0.4 is 0 Å². The predicted octanol–water partition coefficient (Wildman–Crippen LogP) is 2.17. The molecule has 0 bridgehead atoms. The van der Waals surface area contributed by atoms with Gasteiger partial charge in [-0.3, -0.25) is 0 Å². The molecule has 0 aliphatic carbocycles. The van der Waals surface area contributed by atoms with Crippen molar-refractivity contribution < 1.29 is 9.22 Å². The molecule has 0 N–H and O–H groups in total. The summed E-state index contributed by atoms with van der Waals surface area (Å²) >= 11 is 0. The Labute approximate surface area is 69.8 Å². The Bertz CT molecular complexity index is 286. The number of benzene rings is 1. The van der Waals surface area contributed by atoms with Crippen LogP contribution in [0, 0.1) is 6.07 Å². The second-order valence-electron chi connectivity index (χ2n) is 2.44. The molecule has 61 valence electrons. The first-order valence-corrected chi connectivity index (χ1v) is 3.61. The van der Waals surface area contributed by atoms with Crippen molar-refractivity contribution in [3.8, 4) is 0 Å². The van der Waals surface area contributed by atoms with E-state index in [1.54, 1.807) is 12.1 Å². The Morgan fingerprint density at radius 2 is 2.42 bits per heavy atom. The number of nitrogens with zero attached hydrogens (tertiary/aromatic N) is 1. The zero-order valence-electron chi connectivity index (χ0n) is 6.27. The zero-order chi connectivity index (χ0) is 8.39. The van der Waals surface area contributed by atoms with Crippen molar-refractivity contribution >= 4 is 0 Å². The SMILES string of the molecule is FN1C=COC1c1[c]cccc1. The minimum Gasteiger partial charge on any atom is -0.470 e. The molecule has 0 saturated heterocycles. The van der Waals surface area contributed by atoms with E-state index in [1.165, 1.54) is 12.5 Å². The molecule has 12 heavy (non-hydrogen) atoms. The van der Waals surface area contributed by atoms with E-state index in [4.69, 9.17) is 4.74 Å². The highest BCUT2D eigenvalue weighted by Crippen LogP contribution is 2.26. The Morgan fingerprint density at radius 3 is 3.00 bits per heavy atom. The third kappa shape index (κ3) is 1.13. The molecule has 0 fully saturated rings. The molecule has 2 nitrogen and oxygen atoms in total. The first-order valence-electron chi connectivity index (χ1n) is 3.61. The fourth-order valence-electron chi connectivity index (χ4n) is 1.07. The maximum absolute atomic E-state index is 12.9. The van der Waals surface area contributed by atoms with Gasteiger partial charge < -0.3 is 4.74 Å². The molecular weight excluding hydrogens is 157 g/mol. The van der Waals surface area contributed by atoms with E-state index < -0.39 is 6.23 Å². The van der Waals surface area contributed by atoms with E-state index in [-0.39, 0.29) is 0 Å². The standard InChI is InChI=1S/C9H7FNO/c10-11-6-7-12-9(11)8-4-2-1-3-5-8/h1-4,6-7,9H. The summed E-state index contributed by atoms with van der Waals surface area (Å²) in [5, 5.41) is 0.506. The summed E-state index contributed by atoms with van der Waals surface area (Å²) in [7, 11) is 0. The Morgan fingerprint density at radius 1 is 1.50 bits per heavy atom. The van der Waals surface area contributed by atoms with E-state index in [9.17, 15) is 4.48 Å². The van der Waals surface area contributed by atoms with Crippen LogP contribution in [0.4, 0.5) is 4.48 Å². The van der Waals surface area contributed by atoms with E-state index >= 15 is 0 Å². The topological polar surface area (TPSA) is 12.5 Å². The molecule has 0 spiro atoms. The van der Waals surface area contributed by atoms with E-state index in [0.717, 1.165) is 0 Å². The third-order valence-electron chi connectivity index (χ3n) is 1.63. The average Bonchev–Trinajstić information content (AvgIpc) is 2.53. The number of hydrogen-bond acceptors (Lipinski definition) is 2. The van der Waals surface area contributed by atoms with E-state index in [1.807, 2.05) is 12.1 Å². The monoisotopic (exact) mass is 164 g/mol. The minimum atomic E-state index is -0.661. The van der Waals surface area contributed by atoms with Gasteiger partial charge in [0.15, 0.2) is 0 Å². The lowest BCUT2D eigenvalue weighted by atomic mass is 10.2. The van der Waals surface area contributed by atoms with Gasteiger partial charge in [-0.1, -0.05) is 28.7 Å². The summed E-state index contributed by atoms with van der Waals surface area (Å²) in [4.78, 5) is 0. The van der Waals surface area contributed by atoms with Crippen molar-refractivity contribution in [1.82, 2.24) is 5.12 Å². The van der Waals surface area contributed by atoms with Gasteiger partial charge in [0.25, 0.3) is 0 Å². The fourth-order valence-corrected chi connectivity index (χ4v) is 1.07. The van der Waals surface area contributed by atoms with Crippen LogP contribution >= 0.6 is 0 Å². The van der Waals surface area contributed by atoms with Crippen LogP contribution in [0.5, 0.6) is 0 Å². The molecule has 0 aromatic heterocycles. The number of hydrogen-bond donors (Lipinski definition) is 0. The second kappa shape index (κ2) is 2.85. The summed E-state index contributed by atoms with van der Waals surface area (Å²) in [6, 6.07) is 10.0. The van der Waals surface area contributed by atoms with Crippen molar-refractivity contribution in [2.45, 2.75) is 6.23 Å². The van der Waals surface area contributed by atoms with Crippen LogP contribution in [0.2, 0.25) is 0 Å². The van der Waals surface area contributed by atoms with Crippen molar-refractivity contribution in [3.63, 3.8) is 0 Å². The van der Waals surface area contributed by atoms with Crippen molar-refractivity contribution in [1.29, 1.82) is 0 Å². The first-order chi connectivity index (χ1) is 5.88. The van der Waals surface area contributed by atoms with Gasteiger partial charge in [0.1, 0.15) is 6.26 Å². The third-order valence-corrected chi connectivity index (χ3v) is 1.63.